The van der Waals surface area contributed by atoms with E-state index in [0.29, 0.717) is 11.9 Å². The molecular formula is C18H28N4O. The quantitative estimate of drug-likeness (QED) is 0.837. The van der Waals surface area contributed by atoms with Crippen molar-refractivity contribution in [2.75, 3.05) is 19.6 Å². The normalized spacial score (nSPS) is 22.8. The number of rotatable bonds is 5. The lowest BCUT2D eigenvalue weighted by atomic mass is 9.99. The number of carbonyl (C=O) groups is 1. The molecule has 0 aliphatic carbocycles. The largest absolute Gasteiger partial charge is 0.343 e. The summed E-state index contributed by atoms with van der Waals surface area (Å²) in [6.07, 6.45) is 6.63. The molecule has 2 aliphatic rings. The van der Waals surface area contributed by atoms with Gasteiger partial charge in [0.05, 0.1) is 6.54 Å². The Morgan fingerprint density at radius 1 is 1.13 bits per heavy atom. The molecule has 1 aromatic rings. The van der Waals surface area contributed by atoms with Crippen LogP contribution in [0.2, 0.25) is 0 Å². The number of hydrogen-bond donors (Lipinski definition) is 0. The zero-order valence-corrected chi connectivity index (χ0v) is 14.4. The second-order valence-electron chi connectivity index (χ2n) is 6.96. The SMILES string of the molecule is Cc1cc(C)nc(CN2CCCC[C@@H]2CCN2CCCC2=O)n1. The first kappa shape index (κ1) is 16.4. The zero-order chi connectivity index (χ0) is 16.2. The number of aryl methyl sites for hydroxylation is 2. The summed E-state index contributed by atoms with van der Waals surface area (Å²) in [7, 11) is 0. The molecule has 5 nitrogen and oxygen atoms in total. The van der Waals surface area contributed by atoms with Gasteiger partial charge in [0.15, 0.2) is 0 Å². The predicted molar refractivity (Wildman–Crippen MR) is 90.0 cm³/mol. The molecule has 23 heavy (non-hydrogen) atoms. The summed E-state index contributed by atoms with van der Waals surface area (Å²) in [6, 6.07) is 2.58. The van der Waals surface area contributed by atoms with E-state index in [-0.39, 0.29) is 0 Å². The lowest BCUT2D eigenvalue weighted by Gasteiger charge is -2.36. The van der Waals surface area contributed by atoms with Crippen LogP contribution in [-0.4, -0.2) is 51.4 Å². The predicted octanol–water partition coefficient (Wildman–Crippen LogP) is 2.46. The minimum absolute atomic E-state index is 0.338. The van der Waals surface area contributed by atoms with E-state index < -0.39 is 0 Å². The van der Waals surface area contributed by atoms with Crippen molar-refractivity contribution in [3.63, 3.8) is 0 Å². The molecule has 126 valence electrons. The van der Waals surface area contributed by atoms with E-state index in [4.69, 9.17) is 0 Å². The van der Waals surface area contributed by atoms with Crippen molar-refractivity contribution in [1.82, 2.24) is 19.8 Å². The van der Waals surface area contributed by atoms with Crippen molar-refractivity contribution in [3.8, 4) is 0 Å². The maximum absolute atomic E-state index is 11.8. The Labute approximate surface area is 139 Å². The summed E-state index contributed by atoms with van der Waals surface area (Å²) in [5, 5.41) is 0. The van der Waals surface area contributed by atoms with E-state index in [1.165, 1.54) is 19.3 Å². The molecule has 0 spiro atoms. The van der Waals surface area contributed by atoms with Gasteiger partial charge in [-0.1, -0.05) is 6.42 Å². The fourth-order valence-corrected chi connectivity index (χ4v) is 3.89. The highest BCUT2D eigenvalue weighted by Gasteiger charge is 2.26. The molecule has 3 rings (SSSR count). The molecule has 3 heterocycles. The summed E-state index contributed by atoms with van der Waals surface area (Å²) in [6.45, 7) is 7.88. The van der Waals surface area contributed by atoms with Gasteiger partial charge in [-0.3, -0.25) is 9.69 Å². The van der Waals surface area contributed by atoms with Gasteiger partial charge in [0.2, 0.25) is 5.91 Å². The summed E-state index contributed by atoms with van der Waals surface area (Å²) < 4.78 is 0. The van der Waals surface area contributed by atoms with E-state index >= 15 is 0 Å². The molecular weight excluding hydrogens is 288 g/mol. The molecule has 1 aromatic heterocycles. The van der Waals surface area contributed by atoms with Gasteiger partial charge in [0, 0.05) is 36.9 Å². The second kappa shape index (κ2) is 7.39. The molecule has 0 aromatic carbocycles. The second-order valence-corrected chi connectivity index (χ2v) is 6.96. The fraction of sp³-hybridized carbons (Fsp3) is 0.722. The number of likely N-dealkylation sites (tertiary alicyclic amines) is 2. The third-order valence-electron chi connectivity index (χ3n) is 5.03. The standard InChI is InChI=1S/C18H28N4O/c1-14-12-15(2)20-17(19-14)13-22-9-4-3-6-16(22)8-11-21-10-5-7-18(21)23/h12,16H,3-11,13H2,1-2H3/t16-/m1/s1. The van der Waals surface area contributed by atoms with Crippen LogP contribution in [-0.2, 0) is 11.3 Å². The first-order valence-corrected chi connectivity index (χ1v) is 8.95. The van der Waals surface area contributed by atoms with Crippen molar-refractivity contribution in [1.29, 1.82) is 0 Å². The Bertz CT molecular complexity index is 540. The monoisotopic (exact) mass is 316 g/mol. The summed E-state index contributed by atoms with van der Waals surface area (Å²) >= 11 is 0. The van der Waals surface area contributed by atoms with Gasteiger partial charge in [-0.25, -0.2) is 9.97 Å². The lowest BCUT2D eigenvalue weighted by molar-refractivity contribution is -0.127. The van der Waals surface area contributed by atoms with Crippen LogP contribution in [0.5, 0.6) is 0 Å². The Hall–Kier alpha value is -1.49. The third kappa shape index (κ3) is 4.28. The van der Waals surface area contributed by atoms with Crippen LogP contribution in [0.1, 0.15) is 55.7 Å². The number of carbonyl (C=O) groups excluding carboxylic acids is 1. The average Bonchev–Trinajstić information content (AvgIpc) is 2.91. The van der Waals surface area contributed by atoms with Crippen LogP contribution in [0.25, 0.3) is 0 Å². The molecule has 5 heteroatoms. The van der Waals surface area contributed by atoms with Crippen molar-refractivity contribution >= 4 is 5.91 Å². The van der Waals surface area contributed by atoms with Gasteiger partial charge in [0.25, 0.3) is 0 Å². The van der Waals surface area contributed by atoms with Gasteiger partial charge in [0.1, 0.15) is 5.82 Å². The minimum atomic E-state index is 0.338. The van der Waals surface area contributed by atoms with Crippen LogP contribution in [0.15, 0.2) is 6.07 Å². The Morgan fingerprint density at radius 2 is 1.91 bits per heavy atom. The van der Waals surface area contributed by atoms with E-state index in [9.17, 15) is 4.79 Å². The average molecular weight is 316 g/mol. The lowest BCUT2D eigenvalue weighted by Crippen LogP contribution is -2.41. The first-order chi connectivity index (χ1) is 11.1. The third-order valence-corrected chi connectivity index (χ3v) is 5.03. The Balaban J connectivity index is 1.60. The molecule has 1 amide bonds. The van der Waals surface area contributed by atoms with Gasteiger partial charge >= 0.3 is 0 Å². The van der Waals surface area contributed by atoms with Gasteiger partial charge < -0.3 is 4.90 Å². The van der Waals surface area contributed by atoms with E-state index in [2.05, 4.69) is 14.9 Å². The fourth-order valence-electron chi connectivity index (χ4n) is 3.89. The van der Waals surface area contributed by atoms with Crippen LogP contribution in [0, 0.1) is 13.8 Å². The molecule has 0 radical (unpaired) electrons. The molecule has 0 unspecified atom stereocenters. The maximum atomic E-state index is 11.8. The van der Waals surface area contributed by atoms with Crippen molar-refractivity contribution in [2.45, 2.75) is 65.0 Å². The van der Waals surface area contributed by atoms with E-state index in [0.717, 1.165) is 62.7 Å². The topological polar surface area (TPSA) is 49.3 Å². The van der Waals surface area contributed by atoms with Gasteiger partial charge in [-0.15, -0.1) is 0 Å². The summed E-state index contributed by atoms with van der Waals surface area (Å²) in [5.41, 5.74) is 2.09. The summed E-state index contributed by atoms with van der Waals surface area (Å²) in [4.78, 5) is 25.5. The molecule has 1 atom stereocenters. The Morgan fingerprint density at radius 3 is 2.61 bits per heavy atom. The number of hydrogen-bond acceptors (Lipinski definition) is 4. The minimum Gasteiger partial charge on any atom is -0.343 e. The molecule has 0 saturated carbocycles. The van der Waals surface area contributed by atoms with Crippen LogP contribution in [0.4, 0.5) is 0 Å². The number of nitrogens with zero attached hydrogens (tertiary/aromatic N) is 4. The molecule has 2 aliphatic heterocycles. The molecule has 2 fully saturated rings. The Kier molecular flexibility index (Phi) is 5.26. The van der Waals surface area contributed by atoms with Crippen LogP contribution in [0.3, 0.4) is 0 Å². The van der Waals surface area contributed by atoms with Gasteiger partial charge in [-0.05, 0) is 52.1 Å². The highest BCUT2D eigenvalue weighted by atomic mass is 16.2. The maximum Gasteiger partial charge on any atom is 0.222 e. The van der Waals surface area contributed by atoms with Crippen LogP contribution < -0.4 is 0 Å². The highest BCUT2D eigenvalue weighted by Crippen LogP contribution is 2.22. The molecule has 2 saturated heterocycles. The smallest absolute Gasteiger partial charge is 0.222 e. The zero-order valence-electron chi connectivity index (χ0n) is 14.4. The number of amides is 1. The highest BCUT2D eigenvalue weighted by molar-refractivity contribution is 5.77. The summed E-state index contributed by atoms with van der Waals surface area (Å²) in [5.74, 6) is 1.27. The molecule has 0 bridgehead atoms. The van der Waals surface area contributed by atoms with E-state index in [1.54, 1.807) is 0 Å². The van der Waals surface area contributed by atoms with Gasteiger partial charge in [-0.2, -0.15) is 0 Å². The molecule has 0 N–H and O–H groups in total. The van der Waals surface area contributed by atoms with Crippen LogP contribution >= 0.6 is 0 Å². The van der Waals surface area contributed by atoms with Crippen molar-refractivity contribution in [2.24, 2.45) is 0 Å². The first-order valence-electron chi connectivity index (χ1n) is 8.95. The van der Waals surface area contributed by atoms with Crippen molar-refractivity contribution < 1.29 is 4.79 Å². The van der Waals surface area contributed by atoms with Crippen molar-refractivity contribution in [3.05, 3.63) is 23.3 Å². The number of aromatic nitrogens is 2. The van der Waals surface area contributed by atoms with E-state index in [1.807, 2.05) is 24.8 Å². The number of piperidine rings is 1.